The largest absolute Gasteiger partial charge is 0.456 e. The Balaban J connectivity index is 1.68. The van der Waals surface area contributed by atoms with E-state index < -0.39 is 10.9 Å². The van der Waals surface area contributed by atoms with Gasteiger partial charge in [0, 0.05) is 24.5 Å². The van der Waals surface area contributed by atoms with Gasteiger partial charge in [-0.05, 0) is 24.3 Å². The van der Waals surface area contributed by atoms with Crippen LogP contribution in [0.3, 0.4) is 0 Å². The lowest BCUT2D eigenvalue weighted by atomic mass is 10.2. The number of nitro groups is 1. The molecule has 7 nitrogen and oxygen atoms in total. The molecule has 0 aliphatic heterocycles. The fourth-order valence-electron chi connectivity index (χ4n) is 2.03. The van der Waals surface area contributed by atoms with Gasteiger partial charge < -0.3 is 9.14 Å². The number of carbonyl (C=O) groups is 1. The normalized spacial score (nSPS) is 10.7. The van der Waals surface area contributed by atoms with E-state index in [0.29, 0.717) is 16.4 Å². The van der Waals surface area contributed by atoms with E-state index >= 15 is 0 Å². The molecule has 116 valence electrons. The Hall–Kier alpha value is -2.93. The number of nitrogens with zero attached hydrogens (tertiary/aromatic N) is 3. The fourth-order valence-corrected chi connectivity index (χ4v) is 2.20. The average molecular weight is 332 g/mol. The minimum absolute atomic E-state index is 0.00484. The number of pyridine rings is 1. The van der Waals surface area contributed by atoms with Crippen molar-refractivity contribution in [3.8, 4) is 0 Å². The van der Waals surface area contributed by atoms with Crippen molar-refractivity contribution in [2.24, 2.45) is 0 Å². The SMILES string of the molecule is O=C(OCc1cn2cc(Cl)ccc2n1)c1ccc([N+](=O)[O-])cc1. The molecule has 0 atom stereocenters. The smallest absolute Gasteiger partial charge is 0.338 e. The summed E-state index contributed by atoms with van der Waals surface area (Å²) in [6, 6.07) is 8.68. The molecule has 0 bridgehead atoms. The standard InChI is InChI=1S/C15H10ClN3O4/c16-11-3-6-14-17-12(8-18(14)7-11)9-23-15(20)10-1-4-13(5-2-10)19(21)22/h1-8H,9H2. The van der Waals surface area contributed by atoms with E-state index in [-0.39, 0.29) is 17.9 Å². The Morgan fingerprint density at radius 1 is 1.22 bits per heavy atom. The number of esters is 1. The monoisotopic (exact) mass is 331 g/mol. The summed E-state index contributed by atoms with van der Waals surface area (Å²) in [5.41, 5.74) is 1.42. The number of imidazole rings is 1. The van der Waals surface area contributed by atoms with E-state index in [0.717, 1.165) is 0 Å². The maximum Gasteiger partial charge on any atom is 0.338 e. The minimum atomic E-state index is -0.574. The third-order valence-electron chi connectivity index (χ3n) is 3.13. The first-order valence-corrected chi connectivity index (χ1v) is 6.95. The van der Waals surface area contributed by atoms with Crippen molar-refractivity contribution >= 4 is 28.9 Å². The van der Waals surface area contributed by atoms with Crippen molar-refractivity contribution in [1.82, 2.24) is 9.38 Å². The molecule has 8 heteroatoms. The van der Waals surface area contributed by atoms with Gasteiger partial charge in [-0.1, -0.05) is 11.6 Å². The first-order chi connectivity index (χ1) is 11.0. The lowest BCUT2D eigenvalue weighted by Gasteiger charge is -2.02. The molecule has 0 unspecified atom stereocenters. The van der Waals surface area contributed by atoms with E-state index in [1.54, 1.807) is 28.9 Å². The predicted octanol–water partition coefficient (Wildman–Crippen LogP) is 3.25. The molecule has 0 amide bonds. The summed E-state index contributed by atoms with van der Waals surface area (Å²) in [6.07, 6.45) is 3.41. The lowest BCUT2D eigenvalue weighted by Crippen LogP contribution is -2.05. The zero-order chi connectivity index (χ0) is 16.4. The van der Waals surface area contributed by atoms with Crippen LogP contribution in [0.15, 0.2) is 48.8 Å². The van der Waals surface area contributed by atoms with Gasteiger partial charge >= 0.3 is 5.97 Å². The Morgan fingerprint density at radius 3 is 2.65 bits per heavy atom. The molecule has 0 saturated heterocycles. The molecule has 0 aliphatic rings. The second-order valence-corrected chi connectivity index (χ2v) is 5.16. The molecular formula is C15H10ClN3O4. The van der Waals surface area contributed by atoms with Crippen LogP contribution in [0.25, 0.3) is 5.65 Å². The summed E-state index contributed by atoms with van der Waals surface area (Å²) in [4.78, 5) is 26.3. The van der Waals surface area contributed by atoms with E-state index in [9.17, 15) is 14.9 Å². The van der Waals surface area contributed by atoms with Crippen LogP contribution < -0.4 is 0 Å². The highest BCUT2D eigenvalue weighted by atomic mass is 35.5. The van der Waals surface area contributed by atoms with Crippen molar-refractivity contribution in [2.75, 3.05) is 0 Å². The summed E-state index contributed by atoms with van der Waals surface area (Å²) in [6.45, 7) is -0.00484. The number of hydrogen-bond donors (Lipinski definition) is 0. The topological polar surface area (TPSA) is 86.7 Å². The number of benzene rings is 1. The number of non-ortho nitro benzene ring substituents is 1. The van der Waals surface area contributed by atoms with Gasteiger partial charge in [-0.2, -0.15) is 0 Å². The maximum atomic E-state index is 11.9. The Kier molecular flexibility index (Phi) is 3.94. The van der Waals surface area contributed by atoms with Crippen LogP contribution in [-0.2, 0) is 11.3 Å². The summed E-state index contributed by atoms with van der Waals surface area (Å²) < 4.78 is 6.89. The van der Waals surface area contributed by atoms with E-state index in [2.05, 4.69) is 4.98 Å². The summed E-state index contributed by atoms with van der Waals surface area (Å²) in [5, 5.41) is 11.1. The van der Waals surface area contributed by atoms with Gasteiger partial charge in [-0.3, -0.25) is 10.1 Å². The Bertz CT molecular complexity index is 889. The van der Waals surface area contributed by atoms with Crippen molar-refractivity contribution in [3.05, 3.63) is 75.2 Å². The number of carbonyl (C=O) groups excluding carboxylic acids is 1. The number of rotatable bonds is 4. The van der Waals surface area contributed by atoms with Gasteiger partial charge in [0.05, 0.1) is 21.2 Å². The van der Waals surface area contributed by atoms with Crippen LogP contribution in [0.5, 0.6) is 0 Å². The zero-order valence-electron chi connectivity index (χ0n) is 11.7. The minimum Gasteiger partial charge on any atom is -0.456 e. The molecule has 1 aromatic carbocycles. The van der Waals surface area contributed by atoms with E-state index in [4.69, 9.17) is 16.3 Å². The number of ether oxygens (including phenoxy) is 1. The molecule has 23 heavy (non-hydrogen) atoms. The molecule has 2 aromatic heterocycles. The van der Waals surface area contributed by atoms with Crippen molar-refractivity contribution in [3.63, 3.8) is 0 Å². The zero-order valence-corrected chi connectivity index (χ0v) is 12.4. The Labute approximate surface area is 135 Å². The predicted molar refractivity (Wildman–Crippen MR) is 82.4 cm³/mol. The van der Waals surface area contributed by atoms with Crippen LogP contribution in [0.1, 0.15) is 16.1 Å². The molecular weight excluding hydrogens is 322 g/mol. The van der Waals surface area contributed by atoms with Crippen LogP contribution in [0.2, 0.25) is 5.02 Å². The van der Waals surface area contributed by atoms with Crippen molar-refractivity contribution in [1.29, 1.82) is 0 Å². The van der Waals surface area contributed by atoms with E-state index in [1.807, 2.05) is 0 Å². The molecule has 0 N–H and O–H groups in total. The summed E-state index contributed by atoms with van der Waals surface area (Å²) in [7, 11) is 0. The highest BCUT2D eigenvalue weighted by molar-refractivity contribution is 6.30. The number of nitro benzene ring substituents is 1. The van der Waals surface area contributed by atoms with Gasteiger partial charge in [-0.15, -0.1) is 0 Å². The van der Waals surface area contributed by atoms with Gasteiger partial charge in [-0.25, -0.2) is 9.78 Å². The van der Waals surface area contributed by atoms with Gasteiger partial charge in [0.2, 0.25) is 0 Å². The van der Waals surface area contributed by atoms with E-state index in [1.165, 1.54) is 24.3 Å². The molecule has 0 aliphatic carbocycles. The molecule has 2 heterocycles. The van der Waals surface area contributed by atoms with Gasteiger partial charge in [0.1, 0.15) is 12.3 Å². The average Bonchev–Trinajstić information content (AvgIpc) is 2.94. The highest BCUT2D eigenvalue weighted by Crippen LogP contribution is 2.15. The molecule has 0 radical (unpaired) electrons. The van der Waals surface area contributed by atoms with Gasteiger partial charge in [0.15, 0.2) is 0 Å². The van der Waals surface area contributed by atoms with Crippen molar-refractivity contribution < 1.29 is 14.5 Å². The second kappa shape index (κ2) is 6.05. The molecule has 0 fully saturated rings. The lowest BCUT2D eigenvalue weighted by molar-refractivity contribution is -0.384. The number of halogens is 1. The Morgan fingerprint density at radius 2 is 1.96 bits per heavy atom. The van der Waals surface area contributed by atoms with Crippen LogP contribution in [0.4, 0.5) is 5.69 Å². The quantitative estimate of drug-likeness (QED) is 0.416. The summed E-state index contributed by atoms with van der Waals surface area (Å²) >= 11 is 5.89. The van der Waals surface area contributed by atoms with Gasteiger partial charge in [0.25, 0.3) is 5.69 Å². The molecule has 3 aromatic rings. The second-order valence-electron chi connectivity index (χ2n) is 4.73. The van der Waals surface area contributed by atoms with Crippen LogP contribution >= 0.6 is 11.6 Å². The first kappa shape index (κ1) is 15.0. The van der Waals surface area contributed by atoms with Crippen molar-refractivity contribution in [2.45, 2.75) is 6.61 Å². The first-order valence-electron chi connectivity index (χ1n) is 6.57. The highest BCUT2D eigenvalue weighted by Gasteiger charge is 2.11. The van der Waals surface area contributed by atoms with Crippen LogP contribution in [-0.4, -0.2) is 20.3 Å². The summed E-state index contributed by atoms with van der Waals surface area (Å²) in [5.74, 6) is -0.574. The van der Waals surface area contributed by atoms with Crippen LogP contribution in [0, 0.1) is 10.1 Å². The number of aromatic nitrogens is 2. The molecule has 0 spiro atoms. The molecule has 3 rings (SSSR count). The number of hydrogen-bond acceptors (Lipinski definition) is 5. The maximum absolute atomic E-state index is 11.9. The third kappa shape index (κ3) is 3.29. The number of fused-ring (bicyclic) bond motifs is 1. The molecule has 0 saturated carbocycles. The fraction of sp³-hybridized carbons (Fsp3) is 0.0667. The third-order valence-corrected chi connectivity index (χ3v) is 3.35.